The molecule has 0 amide bonds. The van der Waals surface area contributed by atoms with Gasteiger partial charge < -0.3 is 0 Å². The van der Waals surface area contributed by atoms with Gasteiger partial charge in [-0.1, -0.05) is 30.3 Å². The highest BCUT2D eigenvalue weighted by atomic mass is 16.1. The highest BCUT2D eigenvalue weighted by molar-refractivity contribution is 5.62. The summed E-state index contributed by atoms with van der Waals surface area (Å²) in [5.41, 5.74) is 3.50. The maximum absolute atomic E-state index is 13.3. The molecule has 9 heteroatoms. The third-order valence-corrected chi connectivity index (χ3v) is 5.42. The van der Waals surface area contributed by atoms with Crippen LogP contribution in [0.2, 0.25) is 0 Å². The van der Waals surface area contributed by atoms with Gasteiger partial charge in [-0.05, 0) is 26.3 Å². The molecule has 5 aromatic rings. The molecule has 9 nitrogen and oxygen atoms in total. The average molecular weight is 414 g/mol. The van der Waals surface area contributed by atoms with Crippen LogP contribution in [0.15, 0.2) is 66.1 Å². The third kappa shape index (κ3) is 3.14. The number of nitrogens with one attached hydrogen (secondary N) is 1. The van der Waals surface area contributed by atoms with E-state index < -0.39 is 0 Å². The van der Waals surface area contributed by atoms with Gasteiger partial charge in [-0.25, -0.2) is 9.50 Å². The number of fused-ring (bicyclic) bond motifs is 1. The van der Waals surface area contributed by atoms with Crippen LogP contribution in [0.1, 0.15) is 38.4 Å². The van der Waals surface area contributed by atoms with E-state index in [-0.39, 0.29) is 23.3 Å². The molecular weight excluding hydrogens is 392 g/mol. The molecule has 156 valence electrons. The quantitative estimate of drug-likeness (QED) is 0.476. The lowest BCUT2D eigenvalue weighted by Crippen LogP contribution is -2.27. The van der Waals surface area contributed by atoms with E-state index in [2.05, 4.69) is 39.3 Å². The van der Waals surface area contributed by atoms with Crippen molar-refractivity contribution >= 4 is 5.65 Å². The molecule has 0 spiro atoms. The summed E-state index contributed by atoms with van der Waals surface area (Å²) in [6.45, 7) is 6.01. The summed E-state index contributed by atoms with van der Waals surface area (Å²) in [5.74, 6) is 0.543. The first-order chi connectivity index (χ1) is 15.0. The number of aromatic nitrogens is 8. The molecule has 1 aromatic carbocycles. The van der Waals surface area contributed by atoms with Crippen molar-refractivity contribution in [3.8, 4) is 22.6 Å². The molecule has 0 radical (unpaired) electrons. The Morgan fingerprint density at radius 1 is 1.00 bits per heavy atom. The van der Waals surface area contributed by atoms with E-state index in [1.54, 1.807) is 33.9 Å². The van der Waals surface area contributed by atoms with Crippen LogP contribution >= 0.6 is 0 Å². The van der Waals surface area contributed by atoms with Gasteiger partial charge in [0.15, 0.2) is 5.82 Å². The van der Waals surface area contributed by atoms with E-state index in [0.717, 1.165) is 16.7 Å². The summed E-state index contributed by atoms with van der Waals surface area (Å²) < 4.78 is 5.13. The number of aromatic amines is 1. The van der Waals surface area contributed by atoms with Crippen molar-refractivity contribution < 1.29 is 0 Å². The lowest BCUT2D eigenvalue weighted by atomic mass is 10.1. The first-order valence-electron chi connectivity index (χ1n) is 10.1. The fourth-order valence-electron chi connectivity index (χ4n) is 3.75. The number of benzene rings is 1. The van der Waals surface area contributed by atoms with Gasteiger partial charge in [0.2, 0.25) is 5.65 Å². The molecule has 5 rings (SSSR count). The molecule has 0 aliphatic heterocycles. The van der Waals surface area contributed by atoms with Crippen LogP contribution in [0.25, 0.3) is 28.3 Å². The summed E-state index contributed by atoms with van der Waals surface area (Å²) in [6, 6.07) is 10.1. The van der Waals surface area contributed by atoms with Gasteiger partial charge in [0.05, 0.1) is 35.9 Å². The largest absolute Gasteiger partial charge is 0.297 e. The minimum Gasteiger partial charge on any atom is -0.285 e. The third-order valence-electron chi connectivity index (χ3n) is 5.42. The van der Waals surface area contributed by atoms with Crippen molar-refractivity contribution in [2.24, 2.45) is 0 Å². The fourth-order valence-corrected chi connectivity index (χ4v) is 3.75. The van der Waals surface area contributed by atoms with Crippen LogP contribution in [0.4, 0.5) is 0 Å². The Morgan fingerprint density at radius 2 is 1.81 bits per heavy atom. The Labute approximate surface area is 178 Å². The second-order valence-corrected chi connectivity index (χ2v) is 7.75. The minimum absolute atomic E-state index is 0.0487. The maximum atomic E-state index is 13.3. The standard InChI is InChI=1S/C22H22N8O/c1-14(2)29-20(18-11-26-28(13-18)15(3)16-7-5-4-6-8-16)27-30-19(17-9-24-25-10-17)12-23-21(30)22(29)31/h4-15H,1-3H3,(H,24,25). The Balaban J connectivity index is 1.67. The van der Waals surface area contributed by atoms with Crippen LogP contribution in [0.3, 0.4) is 0 Å². The minimum atomic E-state index is -0.196. The molecule has 0 bridgehead atoms. The second-order valence-electron chi connectivity index (χ2n) is 7.75. The van der Waals surface area contributed by atoms with E-state index in [1.165, 1.54) is 0 Å². The van der Waals surface area contributed by atoms with Crippen LogP contribution in [-0.2, 0) is 0 Å². The maximum Gasteiger partial charge on any atom is 0.297 e. The second kappa shape index (κ2) is 7.35. The zero-order chi connectivity index (χ0) is 21.5. The van der Waals surface area contributed by atoms with Gasteiger partial charge in [-0.15, -0.1) is 5.10 Å². The Morgan fingerprint density at radius 3 is 2.52 bits per heavy atom. The number of hydrogen-bond donors (Lipinski definition) is 1. The number of nitrogens with zero attached hydrogens (tertiary/aromatic N) is 7. The molecule has 4 aromatic heterocycles. The molecule has 4 heterocycles. The molecule has 0 aliphatic rings. The molecule has 0 saturated heterocycles. The normalized spacial score (nSPS) is 12.6. The zero-order valence-electron chi connectivity index (χ0n) is 17.5. The number of rotatable bonds is 5. The van der Waals surface area contributed by atoms with E-state index in [1.807, 2.05) is 42.9 Å². The molecule has 1 unspecified atom stereocenters. The van der Waals surface area contributed by atoms with E-state index >= 15 is 0 Å². The van der Waals surface area contributed by atoms with Gasteiger partial charge in [0.1, 0.15) is 0 Å². The van der Waals surface area contributed by atoms with Crippen molar-refractivity contribution in [1.82, 2.24) is 39.1 Å². The first kappa shape index (κ1) is 19.0. The lowest BCUT2D eigenvalue weighted by Gasteiger charge is -2.15. The van der Waals surface area contributed by atoms with Crippen LogP contribution < -0.4 is 5.56 Å². The fraction of sp³-hybridized carbons (Fsp3) is 0.227. The molecule has 0 fully saturated rings. The SMILES string of the molecule is CC(c1ccccc1)n1cc(-c2nn3c(-c4cn[nH]c4)cnc3c(=O)n2C(C)C)cn1. The van der Waals surface area contributed by atoms with Crippen molar-refractivity contribution in [1.29, 1.82) is 0 Å². The summed E-state index contributed by atoms with van der Waals surface area (Å²) in [5, 5.41) is 16.2. The van der Waals surface area contributed by atoms with Crippen LogP contribution in [0, 0.1) is 0 Å². The van der Waals surface area contributed by atoms with Gasteiger partial charge in [-0.2, -0.15) is 10.2 Å². The van der Waals surface area contributed by atoms with Gasteiger partial charge in [0, 0.05) is 24.0 Å². The monoisotopic (exact) mass is 414 g/mol. The van der Waals surface area contributed by atoms with E-state index in [4.69, 9.17) is 5.10 Å². The van der Waals surface area contributed by atoms with E-state index in [0.29, 0.717) is 11.5 Å². The van der Waals surface area contributed by atoms with Crippen LogP contribution in [0.5, 0.6) is 0 Å². The Hall–Kier alpha value is -4.01. The Bertz CT molecular complexity index is 1390. The Kier molecular flexibility index (Phi) is 4.50. The number of H-pyrrole nitrogens is 1. The van der Waals surface area contributed by atoms with Crippen molar-refractivity contribution in [3.05, 3.63) is 77.2 Å². The molecule has 31 heavy (non-hydrogen) atoms. The number of hydrogen-bond acceptors (Lipinski definition) is 5. The molecule has 1 N–H and O–H groups in total. The smallest absolute Gasteiger partial charge is 0.285 e. The summed E-state index contributed by atoms with van der Waals surface area (Å²) >= 11 is 0. The molecule has 1 atom stereocenters. The van der Waals surface area contributed by atoms with Crippen LogP contribution in [-0.4, -0.2) is 39.1 Å². The molecule has 0 aliphatic carbocycles. The van der Waals surface area contributed by atoms with Crippen molar-refractivity contribution in [3.63, 3.8) is 0 Å². The van der Waals surface area contributed by atoms with E-state index in [9.17, 15) is 4.79 Å². The number of imidazole rings is 1. The lowest BCUT2D eigenvalue weighted by molar-refractivity contribution is 0.561. The highest BCUT2D eigenvalue weighted by Crippen LogP contribution is 2.24. The van der Waals surface area contributed by atoms with Crippen molar-refractivity contribution in [2.45, 2.75) is 32.9 Å². The highest BCUT2D eigenvalue weighted by Gasteiger charge is 2.21. The average Bonchev–Trinajstić information content (AvgIpc) is 3.53. The summed E-state index contributed by atoms with van der Waals surface area (Å²) in [4.78, 5) is 17.6. The molecular formula is C22H22N8O. The van der Waals surface area contributed by atoms with Gasteiger partial charge in [0.25, 0.3) is 5.56 Å². The predicted octanol–water partition coefficient (Wildman–Crippen LogP) is 3.33. The first-order valence-corrected chi connectivity index (χ1v) is 10.1. The summed E-state index contributed by atoms with van der Waals surface area (Å²) in [6.07, 6.45) is 8.75. The van der Waals surface area contributed by atoms with Gasteiger partial charge in [-0.3, -0.25) is 19.1 Å². The predicted molar refractivity (Wildman–Crippen MR) is 117 cm³/mol. The topological polar surface area (TPSA) is 98.7 Å². The summed E-state index contributed by atoms with van der Waals surface area (Å²) in [7, 11) is 0. The van der Waals surface area contributed by atoms with Gasteiger partial charge >= 0.3 is 0 Å². The molecule has 0 saturated carbocycles. The van der Waals surface area contributed by atoms with Crippen molar-refractivity contribution in [2.75, 3.05) is 0 Å². The zero-order valence-corrected chi connectivity index (χ0v) is 17.5.